The Kier molecular flexibility index (Phi) is 5.81. The van der Waals surface area contributed by atoms with Crippen molar-refractivity contribution in [3.05, 3.63) is 88.7 Å². The van der Waals surface area contributed by atoms with Gasteiger partial charge in [0.15, 0.2) is 0 Å². The second-order valence-corrected chi connectivity index (χ2v) is 8.99. The first-order valence-corrected chi connectivity index (χ1v) is 11.6. The van der Waals surface area contributed by atoms with E-state index in [0.29, 0.717) is 31.1 Å². The molecule has 5 nitrogen and oxygen atoms in total. The number of carbonyl (C=O) groups is 1. The molecule has 0 spiro atoms. The molecule has 0 saturated carbocycles. The Hall–Kier alpha value is -3.31. The van der Waals surface area contributed by atoms with Crippen molar-refractivity contribution in [2.75, 3.05) is 18.1 Å². The van der Waals surface area contributed by atoms with E-state index in [9.17, 15) is 4.79 Å². The maximum absolute atomic E-state index is 12.9. The fourth-order valence-corrected chi connectivity index (χ4v) is 4.77. The predicted octanol–water partition coefficient (Wildman–Crippen LogP) is 5.91. The van der Waals surface area contributed by atoms with E-state index in [1.165, 1.54) is 5.56 Å². The third-order valence-electron chi connectivity index (χ3n) is 6.23. The van der Waals surface area contributed by atoms with Gasteiger partial charge in [0.25, 0.3) is 0 Å². The van der Waals surface area contributed by atoms with Crippen LogP contribution < -0.4 is 9.64 Å². The number of halogens is 1. The Bertz CT molecular complexity index is 1330. The molecule has 1 amide bonds. The first-order chi connectivity index (χ1) is 16.0. The second-order valence-electron chi connectivity index (χ2n) is 8.58. The molecule has 168 valence electrons. The first kappa shape index (κ1) is 21.5. The van der Waals surface area contributed by atoms with Crippen LogP contribution in [0.3, 0.4) is 0 Å². The molecule has 6 heteroatoms. The Labute approximate surface area is 198 Å². The highest BCUT2D eigenvalue weighted by Gasteiger charge is 2.35. The van der Waals surface area contributed by atoms with Crippen LogP contribution in [0.15, 0.2) is 66.7 Å². The predicted molar refractivity (Wildman–Crippen MR) is 132 cm³/mol. The molecule has 0 aliphatic carbocycles. The average Bonchev–Trinajstić information content (AvgIpc) is 3.37. The zero-order valence-corrected chi connectivity index (χ0v) is 19.5. The molecule has 1 aromatic heterocycles. The van der Waals surface area contributed by atoms with Crippen molar-refractivity contribution < 1.29 is 9.53 Å². The zero-order chi connectivity index (χ0) is 22.9. The minimum Gasteiger partial charge on any atom is -0.491 e. The van der Waals surface area contributed by atoms with Crippen molar-refractivity contribution in [1.82, 2.24) is 9.55 Å². The molecule has 1 aliphatic heterocycles. The summed E-state index contributed by atoms with van der Waals surface area (Å²) in [5.74, 6) is 1.88. The summed E-state index contributed by atoms with van der Waals surface area (Å²) in [6.07, 6.45) is 0.409. The highest BCUT2D eigenvalue weighted by Crippen LogP contribution is 2.36. The molecule has 1 unspecified atom stereocenters. The molecule has 1 fully saturated rings. The third kappa shape index (κ3) is 4.21. The van der Waals surface area contributed by atoms with Crippen LogP contribution in [0.25, 0.3) is 11.0 Å². The standard InChI is InChI=1S/C27H26ClN3O2/c1-18-11-12-19(2)25(15-18)33-14-13-30-24-10-6-4-8-22(24)29-27(30)20-16-26(32)31(17-20)23-9-5-3-7-21(23)28/h3-12,15,20H,13-14,16-17H2,1-2H3. The number of hydrogen-bond acceptors (Lipinski definition) is 3. The molecule has 1 aliphatic rings. The molecule has 0 radical (unpaired) electrons. The molecule has 2 heterocycles. The van der Waals surface area contributed by atoms with Crippen LogP contribution in [0.2, 0.25) is 5.02 Å². The molecule has 33 heavy (non-hydrogen) atoms. The molecule has 1 atom stereocenters. The Morgan fingerprint density at radius 2 is 1.85 bits per heavy atom. The summed E-state index contributed by atoms with van der Waals surface area (Å²) in [7, 11) is 0. The minimum atomic E-state index is -0.0121. The van der Waals surface area contributed by atoms with Crippen LogP contribution in [0.5, 0.6) is 5.75 Å². The van der Waals surface area contributed by atoms with E-state index in [2.05, 4.69) is 42.7 Å². The molecule has 0 bridgehead atoms. The van der Waals surface area contributed by atoms with Gasteiger partial charge in [0.2, 0.25) is 5.91 Å². The average molecular weight is 460 g/mol. The van der Waals surface area contributed by atoms with Crippen molar-refractivity contribution in [1.29, 1.82) is 0 Å². The molecule has 1 saturated heterocycles. The highest BCUT2D eigenvalue weighted by atomic mass is 35.5. The number of aromatic nitrogens is 2. The van der Waals surface area contributed by atoms with E-state index in [0.717, 1.165) is 33.9 Å². The van der Waals surface area contributed by atoms with Gasteiger partial charge in [0.1, 0.15) is 18.2 Å². The zero-order valence-electron chi connectivity index (χ0n) is 18.8. The van der Waals surface area contributed by atoms with E-state index in [-0.39, 0.29) is 11.8 Å². The number of anilines is 1. The van der Waals surface area contributed by atoms with Crippen LogP contribution in [-0.4, -0.2) is 28.6 Å². The molecule has 0 N–H and O–H groups in total. The third-order valence-corrected chi connectivity index (χ3v) is 6.55. The lowest BCUT2D eigenvalue weighted by Crippen LogP contribution is -2.25. The van der Waals surface area contributed by atoms with E-state index in [1.54, 1.807) is 4.90 Å². The fraction of sp³-hybridized carbons (Fsp3) is 0.259. The largest absolute Gasteiger partial charge is 0.491 e. The summed E-state index contributed by atoms with van der Waals surface area (Å²) in [5.41, 5.74) is 5.04. The van der Waals surface area contributed by atoms with Crippen molar-refractivity contribution in [2.24, 2.45) is 0 Å². The fourth-order valence-electron chi connectivity index (χ4n) is 4.53. The van der Waals surface area contributed by atoms with Gasteiger partial charge in [-0.1, -0.05) is 48.0 Å². The number of aryl methyl sites for hydroxylation is 2. The van der Waals surface area contributed by atoms with Gasteiger partial charge in [-0.2, -0.15) is 0 Å². The number of amides is 1. The van der Waals surface area contributed by atoms with E-state index in [4.69, 9.17) is 21.3 Å². The molecular formula is C27H26ClN3O2. The van der Waals surface area contributed by atoms with E-state index in [1.807, 2.05) is 42.5 Å². The van der Waals surface area contributed by atoms with Crippen molar-refractivity contribution in [2.45, 2.75) is 32.7 Å². The summed E-state index contributed by atoms with van der Waals surface area (Å²) < 4.78 is 8.34. The number of imidazole rings is 1. The van der Waals surface area contributed by atoms with Gasteiger partial charge in [0.05, 0.1) is 28.3 Å². The number of benzene rings is 3. The molecule has 4 aromatic rings. The van der Waals surface area contributed by atoms with Gasteiger partial charge in [-0.15, -0.1) is 0 Å². The SMILES string of the molecule is Cc1ccc(C)c(OCCn2c(C3CC(=O)N(c4ccccc4Cl)C3)nc3ccccc32)c1. The van der Waals surface area contributed by atoms with E-state index >= 15 is 0 Å². The number of fused-ring (bicyclic) bond motifs is 1. The Morgan fingerprint density at radius 1 is 1.06 bits per heavy atom. The van der Waals surface area contributed by atoms with Crippen LogP contribution in [0, 0.1) is 13.8 Å². The summed E-state index contributed by atoms with van der Waals surface area (Å²) in [5, 5.41) is 0.585. The summed E-state index contributed by atoms with van der Waals surface area (Å²) >= 11 is 6.38. The Morgan fingerprint density at radius 3 is 2.70 bits per heavy atom. The monoisotopic (exact) mass is 459 g/mol. The lowest BCUT2D eigenvalue weighted by molar-refractivity contribution is -0.117. The van der Waals surface area contributed by atoms with Gasteiger partial charge in [-0.3, -0.25) is 4.79 Å². The maximum atomic E-state index is 12.9. The molecular weight excluding hydrogens is 434 g/mol. The highest BCUT2D eigenvalue weighted by molar-refractivity contribution is 6.33. The first-order valence-electron chi connectivity index (χ1n) is 11.2. The van der Waals surface area contributed by atoms with Crippen LogP contribution in [0.4, 0.5) is 5.69 Å². The topological polar surface area (TPSA) is 47.4 Å². The van der Waals surface area contributed by atoms with Crippen molar-refractivity contribution in [3.63, 3.8) is 0 Å². The second kappa shape index (κ2) is 8.91. The minimum absolute atomic E-state index is 0.0121. The summed E-state index contributed by atoms with van der Waals surface area (Å²) in [6, 6.07) is 21.8. The van der Waals surface area contributed by atoms with Gasteiger partial charge in [-0.25, -0.2) is 4.98 Å². The summed E-state index contributed by atoms with van der Waals surface area (Å²) in [4.78, 5) is 19.6. The summed E-state index contributed by atoms with van der Waals surface area (Å²) in [6.45, 7) is 5.85. The normalized spacial score (nSPS) is 16.0. The Balaban J connectivity index is 1.42. The number of rotatable bonds is 6. The van der Waals surface area contributed by atoms with Crippen molar-refractivity contribution in [3.8, 4) is 5.75 Å². The number of para-hydroxylation sites is 3. The van der Waals surface area contributed by atoms with Crippen LogP contribution >= 0.6 is 11.6 Å². The van der Waals surface area contributed by atoms with Crippen LogP contribution in [0.1, 0.15) is 29.3 Å². The number of nitrogens with zero attached hydrogens (tertiary/aromatic N) is 3. The van der Waals surface area contributed by atoms with Crippen LogP contribution in [-0.2, 0) is 11.3 Å². The van der Waals surface area contributed by atoms with Crippen molar-refractivity contribution >= 4 is 34.2 Å². The molecule has 5 rings (SSSR count). The number of carbonyl (C=O) groups excluding carboxylic acids is 1. The lowest BCUT2D eigenvalue weighted by Gasteiger charge is -2.19. The number of ether oxygens (including phenoxy) is 1. The number of hydrogen-bond donors (Lipinski definition) is 0. The van der Waals surface area contributed by atoms with Gasteiger partial charge in [-0.05, 0) is 55.3 Å². The van der Waals surface area contributed by atoms with Gasteiger partial charge < -0.3 is 14.2 Å². The van der Waals surface area contributed by atoms with E-state index < -0.39 is 0 Å². The quantitative estimate of drug-likeness (QED) is 0.360. The smallest absolute Gasteiger partial charge is 0.227 e. The maximum Gasteiger partial charge on any atom is 0.227 e. The van der Waals surface area contributed by atoms with Gasteiger partial charge >= 0.3 is 0 Å². The van der Waals surface area contributed by atoms with Gasteiger partial charge in [0, 0.05) is 18.9 Å². The lowest BCUT2D eigenvalue weighted by atomic mass is 10.1. The molecule has 3 aromatic carbocycles.